The Balaban J connectivity index is 1.71. The third kappa shape index (κ3) is 4.28. The van der Waals surface area contributed by atoms with Crippen molar-refractivity contribution >= 4 is 29.3 Å². The predicted octanol–water partition coefficient (Wildman–Crippen LogP) is 3.48. The lowest BCUT2D eigenvalue weighted by Gasteiger charge is -2.16. The van der Waals surface area contributed by atoms with E-state index in [1.165, 1.54) is 6.08 Å². The van der Waals surface area contributed by atoms with Crippen LogP contribution in [0.2, 0.25) is 0 Å². The predicted molar refractivity (Wildman–Crippen MR) is 105 cm³/mol. The maximum Gasteiger partial charge on any atom is 0.248 e. The molecule has 0 atom stereocenters. The van der Waals surface area contributed by atoms with Crippen molar-refractivity contribution in [1.82, 2.24) is 0 Å². The van der Waals surface area contributed by atoms with Crippen LogP contribution < -0.4 is 19.7 Å². The fourth-order valence-electron chi connectivity index (χ4n) is 3.07. The van der Waals surface area contributed by atoms with E-state index in [-0.39, 0.29) is 11.8 Å². The Kier molecular flexibility index (Phi) is 5.76. The lowest BCUT2D eigenvalue weighted by Crippen LogP contribution is -2.23. The first kappa shape index (κ1) is 18.5. The van der Waals surface area contributed by atoms with Crippen molar-refractivity contribution in [3.63, 3.8) is 0 Å². The summed E-state index contributed by atoms with van der Waals surface area (Å²) in [7, 11) is 3.12. The van der Waals surface area contributed by atoms with Gasteiger partial charge in [0.25, 0.3) is 0 Å². The fraction of sp³-hybridized carbons (Fsp3) is 0.238. The van der Waals surface area contributed by atoms with Gasteiger partial charge in [-0.15, -0.1) is 0 Å². The van der Waals surface area contributed by atoms with Crippen LogP contribution in [0, 0.1) is 0 Å². The van der Waals surface area contributed by atoms with E-state index in [9.17, 15) is 9.59 Å². The molecule has 6 heteroatoms. The van der Waals surface area contributed by atoms with Gasteiger partial charge < -0.3 is 19.7 Å². The average molecular weight is 366 g/mol. The Bertz CT molecular complexity index is 876. The Labute approximate surface area is 158 Å². The van der Waals surface area contributed by atoms with Crippen molar-refractivity contribution in [3.05, 3.63) is 54.1 Å². The normalized spacial score (nSPS) is 13.9. The Morgan fingerprint density at radius 2 is 1.96 bits per heavy atom. The van der Waals surface area contributed by atoms with Crippen LogP contribution in [0.25, 0.3) is 6.08 Å². The monoisotopic (exact) mass is 366 g/mol. The largest absolute Gasteiger partial charge is 0.493 e. The van der Waals surface area contributed by atoms with Crippen molar-refractivity contribution < 1.29 is 19.1 Å². The molecule has 140 valence electrons. The number of methoxy groups -OCH3 is 2. The van der Waals surface area contributed by atoms with E-state index >= 15 is 0 Å². The highest BCUT2D eigenvalue weighted by molar-refractivity contribution is 6.03. The molecule has 1 saturated heterocycles. The number of para-hydroxylation sites is 1. The summed E-state index contributed by atoms with van der Waals surface area (Å²) in [6.45, 7) is 0.714. The third-order valence-electron chi connectivity index (χ3n) is 4.35. The van der Waals surface area contributed by atoms with Crippen LogP contribution in [0.4, 0.5) is 11.4 Å². The van der Waals surface area contributed by atoms with E-state index in [0.717, 1.165) is 17.7 Å². The van der Waals surface area contributed by atoms with E-state index in [0.29, 0.717) is 30.2 Å². The first-order valence-electron chi connectivity index (χ1n) is 8.73. The molecule has 1 aliphatic rings. The van der Waals surface area contributed by atoms with Crippen LogP contribution in [0.15, 0.2) is 48.5 Å². The molecule has 1 fully saturated rings. The van der Waals surface area contributed by atoms with Crippen LogP contribution in [0.1, 0.15) is 18.4 Å². The number of ether oxygens (including phenoxy) is 2. The van der Waals surface area contributed by atoms with Gasteiger partial charge in [-0.3, -0.25) is 9.59 Å². The lowest BCUT2D eigenvalue weighted by atomic mass is 10.1. The number of amides is 2. The molecule has 6 nitrogen and oxygen atoms in total. The topological polar surface area (TPSA) is 67.9 Å². The van der Waals surface area contributed by atoms with Gasteiger partial charge in [0, 0.05) is 36.0 Å². The summed E-state index contributed by atoms with van der Waals surface area (Å²) in [6, 6.07) is 12.8. The minimum Gasteiger partial charge on any atom is -0.493 e. The number of anilines is 2. The summed E-state index contributed by atoms with van der Waals surface area (Å²) in [4.78, 5) is 25.9. The Morgan fingerprint density at radius 1 is 1.15 bits per heavy atom. The SMILES string of the molecule is COc1cccc(/C=C/C(=O)Nc2cccc(N3CCCC3=O)c2)c1OC. The van der Waals surface area contributed by atoms with Gasteiger partial charge in [0.1, 0.15) is 0 Å². The van der Waals surface area contributed by atoms with Crippen molar-refractivity contribution in [3.8, 4) is 11.5 Å². The van der Waals surface area contributed by atoms with Gasteiger partial charge in [0.15, 0.2) is 11.5 Å². The lowest BCUT2D eigenvalue weighted by molar-refractivity contribution is -0.117. The third-order valence-corrected chi connectivity index (χ3v) is 4.35. The van der Waals surface area contributed by atoms with Gasteiger partial charge in [0.2, 0.25) is 11.8 Å². The van der Waals surface area contributed by atoms with E-state index < -0.39 is 0 Å². The van der Waals surface area contributed by atoms with Crippen LogP contribution >= 0.6 is 0 Å². The summed E-state index contributed by atoms with van der Waals surface area (Å²) in [5, 5.41) is 2.82. The standard InChI is InChI=1S/C21H22N2O4/c1-26-18-9-3-6-15(21(18)27-2)11-12-19(24)22-16-7-4-8-17(14-16)23-13-5-10-20(23)25/h3-4,6-9,11-12,14H,5,10,13H2,1-2H3,(H,22,24)/b12-11+. The number of benzene rings is 2. The Morgan fingerprint density at radius 3 is 2.67 bits per heavy atom. The number of nitrogens with one attached hydrogen (secondary N) is 1. The molecule has 0 aromatic heterocycles. The summed E-state index contributed by atoms with van der Waals surface area (Å²) < 4.78 is 10.6. The molecule has 1 N–H and O–H groups in total. The number of hydrogen-bond acceptors (Lipinski definition) is 4. The second-order valence-electron chi connectivity index (χ2n) is 6.10. The highest BCUT2D eigenvalue weighted by Crippen LogP contribution is 2.31. The van der Waals surface area contributed by atoms with Gasteiger partial charge in [-0.1, -0.05) is 18.2 Å². The van der Waals surface area contributed by atoms with Gasteiger partial charge >= 0.3 is 0 Å². The quantitative estimate of drug-likeness (QED) is 0.795. The van der Waals surface area contributed by atoms with Crippen LogP contribution in [0.5, 0.6) is 11.5 Å². The average Bonchev–Trinajstić information content (AvgIpc) is 3.12. The summed E-state index contributed by atoms with van der Waals surface area (Å²) in [6.07, 6.45) is 4.54. The zero-order valence-electron chi connectivity index (χ0n) is 15.4. The van der Waals surface area contributed by atoms with Gasteiger partial charge in [-0.05, 0) is 36.8 Å². The number of hydrogen-bond donors (Lipinski definition) is 1. The van der Waals surface area contributed by atoms with E-state index in [4.69, 9.17) is 9.47 Å². The highest BCUT2D eigenvalue weighted by atomic mass is 16.5. The molecule has 0 spiro atoms. The van der Waals surface area contributed by atoms with E-state index in [1.54, 1.807) is 43.4 Å². The molecule has 0 unspecified atom stereocenters. The highest BCUT2D eigenvalue weighted by Gasteiger charge is 2.21. The molecule has 2 amide bonds. The number of carbonyl (C=O) groups is 2. The Hall–Kier alpha value is -3.28. The molecule has 2 aromatic rings. The molecular weight excluding hydrogens is 344 g/mol. The molecule has 27 heavy (non-hydrogen) atoms. The molecule has 1 aliphatic heterocycles. The van der Waals surface area contributed by atoms with Crippen LogP contribution in [-0.4, -0.2) is 32.6 Å². The molecule has 0 aliphatic carbocycles. The van der Waals surface area contributed by atoms with E-state index in [2.05, 4.69) is 5.32 Å². The maximum atomic E-state index is 12.3. The summed E-state index contributed by atoms with van der Waals surface area (Å²) in [5.41, 5.74) is 2.18. The van der Waals surface area contributed by atoms with Crippen molar-refractivity contribution in [2.45, 2.75) is 12.8 Å². The van der Waals surface area contributed by atoms with Crippen molar-refractivity contribution in [2.24, 2.45) is 0 Å². The van der Waals surface area contributed by atoms with Gasteiger partial charge in [0.05, 0.1) is 14.2 Å². The molecule has 3 rings (SSSR count). The smallest absolute Gasteiger partial charge is 0.248 e. The number of nitrogens with zero attached hydrogens (tertiary/aromatic N) is 1. The van der Waals surface area contributed by atoms with Gasteiger partial charge in [-0.2, -0.15) is 0 Å². The molecule has 0 saturated carbocycles. The van der Waals surface area contributed by atoms with Crippen molar-refractivity contribution in [2.75, 3.05) is 31.0 Å². The van der Waals surface area contributed by atoms with Crippen LogP contribution in [-0.2, 0) is 9.59 Å². The van der Waals surface area contributed by atoms with Crippen LogP contribution in [0.3, 0.4) is 0 Å². The minimum atomic E-state index is -0.273. The van der Waals surface area contributed by atoms with Gasteiger partial charge in [-0.25, -0.2) is 0 Å². The summed E-state index contributed by atoms with van der Waals surface area (Å²) in [5.74, 6) is 1.01. The minimum absolute atomic E-state index is 0.114. The molecular formula is C21H22N2O4. The zero-order chi connectivity index (χ0) is 19.2. The second-order valence-corrected chi connectivity index (χ2v) is 6.10. The summed E-state index contributed by atoms with van der Waals surface area (Å²) >= 11 is 0. The number of rotatable bonds is 6. The number of carbonyl (C=O) groups excluding carboxylic acids is 2. The van der Waals surface area contributed by atoms with Crippen molar-refractivity contribution in [1.29, 1.82) is 0 Å². The zero-order valence-corrected chi connectivity index (χ0v) is 15.4. The molecule has 0 radical (unpaired) electrons. The first-order chi connectivity index (χ1) is 13.1. The maximum absolute atomic E-state index is 12.3. The molecule has 0 bridgehead atoms. The second kappa shape index (κ2) is 8.40. The molecule has 2 aromatic carbocycles. The first-order valence-corrected chi connectivity index (χ1v) is 8.73. The van der Waals surface area contributed by atoms with E-state index in [1.807, 2.05) is 24.3 Å². The fourth-order valence-corrected chi connectivity index (χ4v) is 3.07. The molecule has 1 heterocycles.